The predicted octanol–water partition coefficient (Wildman–Crippen LogP) is 4.07. The zero-order chi connectivity index (χ0) is 14.8. The molecule has 0 atom stereocenters. The highest BCUT2D eigenvalue weighted by atomic mass is 32.1. The summed E-state index contributed by atoms with van der Waals surface area (Å²) in [5.41, 5.74) is 2.32. The van der Waals surface area contributed by atoms with E-state index in [1.807, 2.05) is 23.6 Å². The van der Waals surface area contributed by atoms with Crippen LogP contribution in [0, 0.1) is 0 Å². The van der Waals surface area contributed by atoms with Crippen LogP contribution >= 0.6 is 11.3 Å². The van der Waals surface area contributed by atoms with Crippen LogP contribution < -0.4 is 0 Å². The van der Waals surface area contributed by atoms with Crippen LogP contribution in [0.1, 0.15) is 29.5 Å². The van der Waals surface area contributed by atoms with Crippen LogP contribution in [-0.4, -0.2) is 28.0 Å². The molecule has 2 aromatic heterocycles. The first-order chi connectivity index (χ1) is 10.9. The molecular weight excluding hydrogens is 290 g/mol. The Balaban J connectivity index is 1.41. The average molecular weight is 309 g/mol. The van der Waals surface area contributed by atoms with Crippen molar-refractivity contribution in [3.63, 3.8) is 0 Å². The standard InChI is InChI=1S/C18H19N3S/c1-2-7-17-16(6-1)20-18(22-17)14-8-11-21(12-9-14)13-15-5-3-4-10-19-15/h1-7,10,14H,8-9,11-13H2. The SMILES string of the molecule is c1ccc(CN2CCC(c3nc4ccccc4s3)CC2)nc1. The number of pyridine rings is 1. The fourth-order valence-corrected chi connectivity index (χ4v) is 4.26. The van der Waals surface area contributed by atoms with Crippen molar-refractivity contribution in [1.82, 2.24) is 14.9 Å². The van der Waals surface area contributed by atoms with Crippen LogP contribution in [0.2, 0.25) is 0 Å². The minimum atomic E-state index is 0.623. The number of hydrogen-bond donors (Lipinski definition) is 0. The lowest BCUT2D eigenvalue weighted by atomic mass is 9.97. The number of benzene rings is 1. The molecule has 112 valence electrons. The van der Waals surface area contributed by atoms with Crippen molar-refractivity contribution >= 4 is 21.6 Å². The molecule has 0 saturated carbocycles. The largest absolute Gasteiger partial charge is 0.297 e. The van der Waals surface area contributed by atoms with Crippen LogP contribution in [0.5, 0.6) is 0 Å². The minimum Gasteiger partial charge on any atom is -0.297 e. The van der Waals surface area contributed by atoms with Crippen molar-refractivity contribution in [3.05, 3.63) is 59.4 Å². The zero-order valence-electron chi connectivity index (χ0n) is 12.5. The third-order valence-electron chi connectivity index (χ3n) is 4.36. The van der Waals surface area contributed by atoms with E-state index in [9.17, 15) is 0 Å². The molecule has 4 heteroatoms. The molecule has 0 bridgehead atoms. The molecule has 0 unspecified atom stereocenters. The molecule has 3 aromatic rings. The van der Waals surface area contributed by atoms with Gasteiger partial charge in [0.2, 0.25) is 0 Å². The average Bonchev–Trinajstić information content (AvgIpc) is 3.00. The first kappa shape index (κ1) is 13.9. The highest BCUT2D eigenvalue weighted by Crippen LogP contribution is 2.33. The van der Waals surface area contributed by atoms with Crippen LogP contribution in [0.3, 0.4) is 0 Å². The third kappa shape index (κ3) is 2.89. The second kappa shape index (κ2) is 6.15. The minimum absolute atomic E-state index is 0.623. The second-order valence-electron chi connectivity index (χ2n) is 5.89. The van der Waals surface area contributed by atoms with Crippen molar-refractivity contribution in [1.29, 1.82) is 0 Å². The van der Waals surface area contributed by atoms with Gasteiger partial charge in [-0.05, 0) is 50.2 Å². The van der Waals surface area contributed by atoms with Gasteiger partial charge in [0.1, 0.15) is 0 Å². The molecule has 0 amide bonds. The first-order valence-electron chi connectivity index (χ1n) is 7.86. The van der Waals surface area contributed by atoms with Gasteiger partial charge < -0.3 is 0 Å². The van der Waals surface area contributed by atoms with Crippen LogP contribution in [-0.2, 0) is 6.54 Å². The Hall–Kier alpha value is -1.78. The van der Waals surface area contributed by atoms with E-state index in [-0.39, 0.29) is 0 Å². The summed E-state index contributed by atoms with van der Waals surface area (Å²) in [5.74, 6) is 0.623. The molecule has 1 fully saturated rings. The zero-order valence-corrected chi connectivity index (χ0v) is 13.3. The van der Waals surface area contributed by atoms with E-state index in [1.54, 1.807) is 0 Å². The van der Waals surface area contributed by atoms with Crippen LogP contribution in [0.4, 0.5) is 0 Å². The summed E-state index contributed by atoms with van der Waals surface area (Å²) in [6.07, 6.45) is 4.28. The van der Waals surface area contributed by atoms with Gasteiger partial charge >= 0.3 is 0 Å². The lowest BCUT2D eigenvalue weighted by Crippen LogP contribution is -2.32. The van der Waals surface area contributed by atoms with Gasteiger partial charge in [-0.2, -0.15) is 0 Å². The van der Waals surface area contributed by atoms with Crippen molar-refractivity contribution < 1.29 is 0 Å². The summed E-state index contributed by atoms with van der Waals surface area (Å²) >= 11 is 1.87. The fraction of sp³-hybridized carbons (Fsp3) is 0.333. The van der Waals surface area contributed by atoms with Gasteiger partial charge in [0, 0.05) is 18.7 Å². The molecule has 1 aliphatic rings. The van der Waals surface area contributed by atoms with Gasteiger partial charge in [0.05, 0.1) is 20.9 Å². The molecule has 0 radical (unpaired) electrons. The molecule has 22 heavy (non-hydrogen) atoms. The van der Waals surface area contributed by atoms with Crippen LogP contribution in [0.15, 0.2) is 48.7 Å². The van der Waals surface area contributed by atoms with Crippen molar-refractivity contribution in [3.8, 4) is 0 Å². The smallest absolute Gasteiger partial charge is 0.0970 e. The molecule has 0 N–H and O–H groups in total. The fourth-order valence-electron chi connectivity index (χ4n) is 3.12. The Bertz CT molecular complexity index is 712. The highest BCUT2D eigenvalue weighted by molar-refractivity contribution is 7.18. The van der Waals surface area contributed by atoms with Gasteiger partial charge in [-0.25, -0.2) is 4.98 Å². The lowest BCUT2D eigenvalue weighted by Gasteiger charge is -2.30. The number of piperidine rings is 1. The number of fused-ring (bicyclic) bond motifs is 1. The Morgan fingerprint density at radius 2 is 1.86 bits per heavy atom. The quantitative estimate of drug-likeness (QED) is 0.730. The second-order valence-corrected chi connectivity index (χ2v) is 6.95. The van der Waals surface area contributed by atoms with Gasteiger partial charge in [-0.3, -0.25) is 9.88 Å². The molecule has 3 heterocycles. The van der Waals surface area contributed by atoms with E-state index in [0.717, 1.165) is 25.2 Å². The predicted molar refractivity (Wildman–Crippen MR) is 91.1 cm³/mol. The van der Waals surface area contributed by atoms with E-state index in [2.05, 4.69) is 46.3 Å². The number of aromatic nitrogens is 2. The molecule has 4 rings (SSSR count). The van der Waals surface area contributed by atoms with Crippen molar-refractivity contribution in [2.24, 2.45) is 0 Å². The number of thiazole rings is 1. The Morgan fingerprint density at radius 1 is 1.05 bits per heavy atom. The Kier molecular flexibility index (Phi) is 3.87. The molecule has 1 saturated heterocycles. The Morgan fingerprint density at radius 3 is 2.64 bits per heavy atom. The van der Waals surface area contributed by atoms with Gasteiger partial charge in [-0.1, -0.05) is 18.2 Å². The summed E-state index contributed by atoms with van der Waals surface area (Å²) in [4.78, 5) is 11.8. The van der Waals surface area contributed by atoms with E-state index >= 15 is 0 Å². The number of likely N-dealkylation sites (tertiary alicyclic amines) is 1. The monoisotopic (exact) mass is 309 g/mol. The molecule has 0 aliphatic carbocycles. The third-order valence-corrected chi connectivity index (χ3v) is 5.56. The molecule has 0 spiro atoms. The van der Waals surface area contributed by atoms with E-state index in [1.165, 1.54) is 28.2 Å². The number of nitrogens with zero attached hydrogens (tertiary/aromatic N) is 3. The van der Waals surface area contributed by atoms with Crippen molar-refractivity contribution in [2.75, 3.05) is 13.1 Å². The summed E-state index contributed by atoms with van der Waals surface area (Å²) in [6, 6.07) is 14.6. The van der Waals surface area contributed by atoms with Gasteiger partial charge in [0.25, 0.3) is 0 Å². The number of para-hydroxylation sites is 1. The van der Waals surface area contributed by atoms with Gasteiger partial charge in [0.15, 0.2) is 0 Å². The van der Waals surface area contributed by atoms with Gasteiger partial charge in [-0.15, -0.1) is 11.3 Å². The van der Waals surface area contributed by atoms with E-state index < -0.39 is 0 Å². The normalized spacial score (nSPS) is 17.1. The summed E-state index contributed by atoms with van der Waals surface area (Å²) in [5, 5.41) is 1.32. The summed E-state index contributed by atoms with van der Waals surface area (Å²) in [7, 11) is 0. The first-order valence-corrected chi connectivity index (χ1v) is 8.68. The number of rotatable bonds is 3. The maximum atomic E-state index is 4.83. The van der Waals surface area contributed by atoms with E-state index in [4.69, 9.17) is 4.98 Å². The highest BCUT2D eigenvalue weighted by Gasteiger charge is 2.23. The number of hydrogen-bond acceptors (Lipinski definition) is 4. The maximum Gasteiger partial charge on any atom is 0.0970 e. The van der Waals surface area contributed by atoms with Crippen molar-refractivity contribution in [2.45, 2.75) is 25.3 Å². The molecule has 3 nitrogen and oxygen atoms in total. The molecular formula is C18H19N3S. The maximum absolute atomic E-state index is 4.83. The summed E-state index contributed by atoms with van der Waals surface area (Å²) < 4.78 is 1.31. The summed E-state index contributed by atoms with van der Waals surface area (Å²) in [6.45, 7) is 3.24. The van der Waals surface area contributed by atoms with Crippen LogP contribution in [0.25, 0.3) is 10.2 Å². The molecule has 1 aromatic carbocycles. The van der Waals surface area contributed by atoms with E-state index in [0.29, 0.717) is 5.92 Å². The molecule has 1 aliphatic heterocycles. The topological polar surface area (TPSA) is 29.0 Å². The lowest BCUT2D eigenvalue weighted by molar-refractivity contribution is 0.202. The Labute approximate surface area is 134 Å².